The van der Waals surface area contributed by atoms with Crippen molar-refractivity contribution in [1.82, 2.24) is 9.97 Å². The van der Waals surface area contributed by atoms with Crippen LogP contribution >= 0.6 is 0 Å². The van der Waals surface area contributed by atoms with E-state index in [1.165, 1.54) is 5.56 Å². The number of nitrogens with zero attached hydrogens (tertiary/aromatic N) is 2. The summed E-state index contributed by atoms with van der Waals surface area (Å²) in [5.74, 6) is -0.124. The minimum atomic E-state index is -1.03. The zero-order valence-electron chi connectivity index (χ0n) is 11.2. The van der Waals surface area contributed by atoms with Crippen molar-refractivity contribution in [3.05, 3.63) is 47.3 Å². The summed E-state index contributed by atoms with van der Waals surface area (Å²) in [6, 6.07) is 7.88. The molecular formula is C15H16N2O2. The van der Waals surface area contributed by atoms with Crippen molar-refractivity contribution in [3.8, 4) is 11.4 Å². The molecule has 1 heterocycles. The fraction of sp³-hybridized carbons (Fsp3) is 0.267. The molecule has 19 heavy (non-hydrogen) atoms. The first kappa shape index (κ1) is 13.2. The quantitative estimate of drug-likeness (QED) is 0.915. The van der Waals surface area contributed by atoms with Crippen LogP contribution in [0.2, 0.25) is 0 Å². The van der Waals surface area contributed by atoms with Crippen molar-refractivity contribution in [2.75, 3.05) is 0 Å². The van der Waals surface area contributed by atoms with Crippen molar-refractivity contribution >= 4 is 5.97 Å². The van der Waals surface area contributed by atoms with E-state index in [1.54, 1.807) is 13.1 Å². The highest BCUT2D eigenvalue weighted by Gasteiger charge is 2.12. The fourth-order valence-corrected chi connectivity index (χ4v) is 1.81. The summed E-state index contributed by atoms with van der Waals surface area (Å²) in [5, 5.41) is 9.06. The maximum atomic E-state index is 11.1. The van der Waals surface area contributed by atoms with E-state index in [1.807, 2.05) is 24.3 Å². The second-order valence-electron chi connectivity index (χ2n) is 4.81. The van der Waals surface area contributed by atoms with Gasteiger partial charge in [-0.15, -0.1) is 0 Å². The van der Waals surface area contributed by atoms with Gasteiger partial charge in [0.15, 0.2) is 11.5 Å². The van der Waals surface area contributed by atoms with Gasteiger partial charge in [-0.1, -0.05) is 38.1 Å². The Balaban J connectivity index is 2.41. The molecule has 98 valence electrons. The number of carboxylic acid groups (broad SMARTS) is 1. The van der Waals surface area contributed by atoms with Crippen LogP contribution in [0.5, 0.6) is 0 Å². The maximum absolute atomic E-state index is 11.1. The molecule has 0 bridgehead atoms. The number of benzene rings is 1. The lowest BCUT2D eigenvalue weighted by molar-refractivity contribution is 0.0689. The third-order valence-electron chi connectivity index (χ3n) is 3.01. The Bertz CT molecular complexity index is 604. The first-order valence-electron chi connectivity index (χ1n) is 6.16. The second-order valence-corrected chi connectivity index (χ2v) is 4.81. The van der Waals surface area contributed by atoms with Crippen molar-refractivity contribution < 1.29 is 9.90 Å². The van der Waals surface area contributed by atoms with E-state index in [2.05, 4.69) is 23.8 Å². The smallest absolute Gasteiger partial charge is 0.354 e. The Morgan fingerprint density at radius 3 is 2.37 bits per heavy atom. The fourth-order valence-electron chi connectivity index (χ4n) is 1.81. The zero-order chi connectivity index (χ0) is 14.0. The molecule has 0 spiro atoms. The first-order valence-corrected chi connectivity index (χ1v) is 6.16. The molecule has 0 aliphatic heterocycles. The number of hydrogen-bond donors (Lipinski definition) is 1. The van der Waals surface area contributed by atoms with E-state index >= 15 is 0 Å². The van der Waals surface area contributed by atoms with Crippen molar-refractivity contribution in [1.29, 1.82) is 0 Å². The van der Waals surface area contributed by atoms with Gasteiger partial charge in [0.25, 0.3) is 0 Å². The van der Waals surface area contributed by atoms with Gasteiger partial charge in [0, 0.05) is 17.3 Å². The summed E-state index contributed by atoms with van der Waals surface area (Å²) in [7, 11) is 0. The molecule has 0 atom stereocenters. The van der Waals surface area contributed by atoms with Crippen LogP contribution < -0.4 is 0 Å². The van der Waals surface area contributed by atoms with Gasteiger partial charge in [-0.2, -0.15) is 0 Å². The average Bonchev–Trinajstić information content (AvgIpc) is 2.39. The molecule has 0 fully saturated rings. The van der Waals surface area contributed by atoms with Crippen LogP contribution in [0.1, 0.15) is 41.4 Å². The number of aryl methyl sites for hydroxylation is 1. The molecule has 0 saturated carbocycles. The van der Waals surface area contributed by atoms with E-state index in [0.29, 0.717) is 17.3 Å². The second kappa shape index (κ2) is 5.18. The average molecular weight is 256 g/mol. The molecule has 0 aliphatic carbocycles. The summed E-state index contributed by atoms with van der Waals surface area (Å²) < 4.78 is 0. The Morgan fingerprint density at radius 1 is 1.21 bits per heavy atom. The van der Waals surface area contributed by atoms with Gasteiger partial charge in [0.2, 0.25) is 0 Å². The van der Waals surface area contributed by atoms with Gasteiger partial charge < -0.3 is 5.11 Å². The number of carboxylic acids is 1. The first-order chi connectivity index (χ1) is 8.99. The molecule has 0 saturated heterocycles. The molecule has 1 N–H and O–H groups in total. The predicted octanol–water partition coefficient (Wildman–Crippen LogP) is 3.27. The van der Waals surface area contributed by atoms with Crippen molar-refractivity contribution in [2.24, 2.45) is 0 Å². The van der Waals surface area contributed by atoms with E-state index in [-0.39, 0.29) is 5.69 Å². The van der Waals surface area contributed by atoms with Crippen LogP contribution in [0.3, 0.4) is 0 Å². The van der Waals surface area contributed by atoms with Crippen LogP contribution in [0.4, 0.5) is 0 Å². The van der Waals surface area contributed by atoms with E-state index in [9.17, 15) is 4.79 Å². The Kier molecular flexibility index (Phi) is 3.60. The maximum Gasteiger partial charge on any atom is 0.354 e. The lowest BCUT2D eigenvalue weighted by atomic mass is 10.0. The molecule has 4 nitrogen and oxygen atoms in total. The van der Waals surface area contributed by atoms with Gasteiger partial charge in [-0.3, -0.25) is 0 Å². The molecule has 0 amide bonds. The largest absolute Gasteiger partial charge is 0.477 e. The number of carbonyl (C=O) groups is 1. The molecule has 2 rings (SSSR count). The van der Waals surface area contributed by atoms with Gasteiger partial charge >= 0.3 is 5.97 Å². The third kappa shape index (κ3) is 2.78. The minimum absolute atomic E-state index is 0.0536. The minimum Gasteiger partial charge on any atom is -0.477 e. The summed E-state index contributed by atoms with van der Waals surface area (Å²) in [6.07, 6.45) is 1.54. The van der Waals surface area contributed by atoms with E-state index < -0.39 is 5.97 Å². The Morgan fingerprint density at radius 2 is 1.84 bits per heavy atom. The molecule has 1 aromatic heterocycles. The highest BCUT2D eigenvalue weighted by molar-refractivity contribution is 5.87. The highest BCUT2D eigenvalue weighted by atomic mass is 16.4. The normalized spacial score (nSPS) is 10.7. The molecule has 0 radical (unpaired) electrons. The lowest BCUT2D eigenvalue weighted by Crippen LogP contribution is -2.05. The van der Waals surface area contributed by atoms with Gasteiger partial charge in [0.05, 0.1) is 0 Å². The van der Waals surface area contributed by atoms with Gasteiger partial charge in [-0.05, 0) is 18.4 Å². The van der Waals surface area contributed by atoms with Crippen LogP contribution in [-0.2, 0) is 0 Å². The number of hydrogen-bond acceptors (Lipinski definition) is 3. The number of aromatic carboxylic acids is 1. The van der Waals surface area contributed by atoms with Crippen LogP contribution in [0.25, 0.3) is 11.4 Å². The van der Waals surface area contributed by atoms with Crippen LogP contribution in [0.15, 0.2) is 30.5 Å². The van der Waals surface area contributed by atoms with Crippen LogP contribution in [-0.4, -0.2) is 21.0 Å². The topological polar surface area (TPSA) is 63.1 Å². The summed E-state index contributed by atoms with van der Waals surface area (Å²) in [4.78, 5) is 19.4. The monoisotopic (exact) mass is 256 g/mol. The SMILES string of the molecule is Cc1cnc(-c2ccc(C(C)C)cc2)nc1C(=O)O. The Labute approximate surface area is 112 Å². The molecule has 0 aliphatic rings. The molecular weight excluding hydrogens is 240 g/mol. The van der Waals surface area contributed by atoms with Crippen LogP contribution in [0, 0.1) is 6.92 Å². The molecule has 4 heteroatoms. The zero-order valence-corrected chi connectivity index (χ0v) is 11.2. The number of aromatic nitrogens is 2. The molecule has 1 aromatic carbocycles. The standard InChI is InChI=1S/C15H16N2O2/c1-9(2)11-4-6-12(7-5-11)14-16-8-10(3)13(17-14)15(18)19/h4-9H,1-3H3,(H,18,19). The summed E-state index contributed by atoms with van der Waals surface area (Å²) in [6.45, 7) is 5.94. The molecule has 2 aromatic rings. The van der Waals surface area contributed by atoms with Gasteiger partial charge in [-0.25, -0.2) is 14.8 Å². The van der Waals surface area contributed by atoms with Gasteiger partial charge in [0.1, 0.15) is 0 Å². The number of rotatable bonds is 3. The van der Waals surface area contributed by atoms with E-state index in [4.69, 9.17) is 5.11 Å². The summed E-state index contributed by atoms with van der Waals surface area (Å²) >= 11 is 0. The highest BCUT2D eigenvalue weighted by Crippen LogP contribution is 2.20. The lowest BCUT2D eigenvalue weighted by Gasteiger charge is -2.07. The summed E-state index contributed by atoms with van der Waals surface area (Å²) in [5.41, 5.74) is 2.68. The Hall–Kier alpha value is -2.23. The third-order valence-corrected chi connectivity index (χ3v) is 3.01. The molecule has 0 unspecified atom stereocenters. The predicted molar refractivity (Wildman–Crippen MR) is 73.3 cm³/mol. The van der Waals surface area contributed by atoms with Crippen molar-refractivity contribution in [2.45, 2.75) is 26.7 Å². The van der Waals surface area contributed by atoms with Crippen molar-refractivity contribution in [3.63, 3.8) is 0 Å². The van der Waals surface area contributed by atoms with E-state index in [0.717, 1.165) is 5.56 Å².